The Balaban J connectivity index is 1.06. The normalized spacial score (nSPS) is 46.2. The van der Waals surface area contributed by atoms with E-state index in [4.69, 9.17) is 4.98 Å². The fourth-order valence-corrected chi connectivity index (χ4v) is 15.0. The van der Waals surface area contributed by atoms with Gasteiger partial charge in [-0.05, 0) is 189 Å². The Morgan fingerprint density at radius 3 is 1.76 bits per heavy atom. The summed E-state index contributed by atoms with van der Waals surface area (Å²) in [5.74, 6) is 5.54. The molecule has 12 atom stereocenters. The first kappa shape index (κ1) is 33.3. The number of hydrogen-bond acceptors (Lipinski definition) is 3. The molecular weight excluding hydrogens is 611 g/mol. The maximum Gasteiger partial charge on any atom is 0.133 e. The molecule has 0 aromatic carbocycles. The largest absolute Gasteiger partial charge is 0.300 e. The zero-order valence-electron chi connectivity index (χ0n) is 31.8. The van der Waals surface area contributed by atoms with E-state index in [1.807, 2.05) is 20.0 Å². The number of carbonyl (C=O) groups is 2. The lowest BCUT2D eigenvalue weighted by Crippen LogP contribution is -2.50. The van der Waals surface area contributed by atoms with Crippen molar-refractivity contribution in [1.29, 1.82) is 0 Å². The van der Waals surface area contributed by atoms with Gasteiger partial charge in [0.05, 0.1) is 0 Å². The predicted octanol–water partition coefficient (Wildman–Crippen LogP) is 11.3. The Hall–Kier alpha value is -2.55. The molecule has 3 heteroatoms. The summed E-state index contributed by atoms with van der Waals surface area (Å²) < 4.78 is 0. The monoisotopic (exact) mass is 671 g/mol. The van der Waals surface area contributed by atoms with Gasteiger partial charge in [0.15, 0.2) is 0 Å². The molecule has 4 saturated carbocycles. The molecule has 0 radical (unpaired) electrons. The van der Waals surface area contributed by atoms with E-state index in [0.717, 1.165) is 43.4 Å². The van der Waals surface area contributed by atoms with Gasteiger partial charge in [0.25, 0.3) is 0 Å². The highest BCUT2D eigenvalue weighted by molar-refractivity contribution is 5.81. The molecule has 3 nitrogen and oxygen atoms in total. The van der Waals surface area contributed by atoms with E-state index < -0.39 is 0 Å². The summed E-state index contributed by atoms with van der Waals surface area (Å²) in [5, 5.41) is 0. The van der Waals surface area contributed by atoms with Gasteiger partial charge in [-0.2, -0.15) is 0 Å². The number of allylic oxidation sites excluding steroid dienone is 8. The molecule has 0 spiro atoms. The van der Waals surface area contributed by atoms with Crippen LogP contribution in [0.2, 0.25) is 0 Å². The summed E-state index contributed by atoms with van der Waals surface area (Å²) in [5.41, 5.74) is 10.6. The number of fused-ring (bicyclic) bond motifs is 10. The van der Waals surface area contributed by atoms with Gasteiger partial charge in [0, 0.05) is 24.2 Å². The topological polar surface area (TPSA) is 47.0 Å². The van der Waals surface area contributed by atoms with Crippen LogP contribution in [-0.2, 0) is 9.59 Å². The van der Waals surface area contributed by atoms with E-state index in [2.05, 4.69) is 64.3 Å². The van der Waals surface area contributed by atoms with E-state index in [1.54, 1.807) is 27.9 Å². The van der Waals surface area contributed by atoms with Gasteiger partial charge in [0.2, 0.25) is 0 Å². The number of aromatic nitrogens is 1. The highest BCUT2D eigenvalue weighted by Crippen LogP contribution is 2.72. The number of hydrogen-bond donors (Lipinski definition) is 0. The molecule has 8 aliphatic carbocycles. The SMILES string of the molecule is CC(=O)[C@H]1CC[C@@]2(C)C(=CC[C@@H]3[C@@H]2CC[C@]2(C)C(C4=C(c5cccnc5)[C@@]5(C)CC[C@H]6[C@@H](CC=C7C[C@@H](C(C)=O)CC[C@@]76C)[C@@H]5C4)=CC[C@@H]32)C1. The molecule has 1 aromatic heterocycles. The minimum absolute atomic E-state index is 0.162. The molecule has 4 fully saturated rings. The smallest absolute Gasteiger partial charge is 0.133 e. The molecule has 8 aliphatic rings. The summed E-state index contributed by atoms with van der Waals surface area (Å²) in [4.78, 5) is 29.6. The molecular formula is C47H61NO2. The molecule has 9 rings (SSSR count). The Morgan fingerprint density at radius 1 is 0.640 bits per heavy atom. The molecule has 0 bridgehead atoms. The van der Waals surface area contributed by atoms with E-state index >= 15 is 0 Å². The Bertz CT molecular complexity index is 1740. The zero-order chi connectivity index (χ0) is 34.8. The number of carbonyl (C=O) groups excluding carboxylic acids is 2. The second-order valence-corrected chi connectivity index (χ2v) is 19.7. The van der Waals surface area contributed by atoms with Crippen molar-refractivity contribution in [2.24, 2.45) is 69.0 Å². The molecule has 0 unspecified atom stereocenters. The van der Waals surface area contributed by atoms with Crippen molar-refractivity contribution in [1.82, 2.24) is 4.98 Å². The van der Waals surface area contributed by atoms with Crippen molar-refractivity contribution >= 4 is 17.1 Å². The standard InChI is InChI=1S/C47H61NO2/c1-28(49)30-15-19-44(3)33(24-30)9-11-35-38-13-14-39(46(38,5)21-17-40(35)44)37-26-42-36-12-10-34-25-31(29(2)50)16-20-45(34,4)41(36)18-22-47(42,6)43(37)32-8-7-23-48-27-32/h7-10,14,23,27,30-31,35-36,38,40-42H,11-13,15-22,24-26H2,1-6H3/t30-,31-,35-,36+,38-,40-,41-,42-,44-,45-,46-,47-/m0/s1. The summed E-state index contributed by atoms with van der Waals surface area (Å²) in [7, 11) is 0. The third kappa shape index (κ3) is 4.55. The zero-order valence-corrected chi connectivity index (χ0v) is 31.8. The van der Waals surface area contributed by atoms with Crippen molar-refractivity contribution in [3.8, 4) is 0 Å². The van der Waals surface area contributed by atoms with Gasteiger partial charge in [-0.25, -0.2) is 0 Å². The van der Waals surface area contributed by atoms with Crippen LogP contribution in [0.5, 0.6) is 0 Å². The van der Waals surface area contributed by atoms with E-state index in [0.29, 0.717) is 29.3 Å². The number of ketones is 2. The van der Waals surface area contributed by atoms with Crippen LogP contribution >= 0.6 is 0 Å². The molecule has 0 N–H and O–H groups in total. The first-order valence-corrected chi connectivity index (χ1v) is 20.6. The summed E-state index contributed by atoms with van der Waals surface area (Å²) in [6.07, 6.45) is 28.7. The highest BCUT2D eigenvalue weighted by Gasteiger charge is 2.62. The van der Waals surface area contributed by atoms with Crippen molar-refractivity contribution in [2.75, 3.05) is 0 Å². The van der Waals surface area contributed by atoms with Crippen LogP contribution in [0.4, 0.5) is 0 Å². The van der Waals surface area contributed by atoms with Crippen LogP contribution in [0.3, 0.4) is 0 Å². The minimum atomic E-state index is 0.162. The second-order valence-electron chi connectivity index (χ2n) is 19.7. The quantitative estimate of drug-likeness (QED) is 0.299. The van der Waals surface area contributed by atoms with Crippen LogP contribution in [0.25, 0.3) is 5.57 Å². The molecule has 1 heterocycles. The molecule has 0 amide bonds. The lowest BCUT2D eigenvalue weighted by atomic mass is 9.46. The fourth-order valence-electron chi connectivity index (χ4n) is 15.0. The van der Waals surface area contributed by atoms with Gasteiger partial charge >= 0.3 is 0 Å². The lowest BCUT2D eigenvalue weighted by molar-refractivity contribution is -0.123. The average molecular weight is 672 g/mol. The van der Waals surface area contributed by atoms with Gasteiger partial charge in [-0.1, -0.05) is 63.1 Å². The Labute approximate surface area is 301 Å². The van der Waals surface area contributed by atoms with Crippen molar-refractivity contribution in [3.05, 3.63) is 70.6 Å². The maximum absolute atomic E-state index is 12.4. The number of rotatable bonds is 4. The predicted molar refractivity (Wildman–Crippen MR) is 202 cm³/mol. The lowest BCUT2D eigenvalue weighted by Gasteiger charge is -2.58. The summed E-state index contributed by atoms with van der Waals surface area (Å²) in [6, 6.07) is 4.53. The molecule has 266 valence electrons. The van der Waals surface area contributed by atoms with Crippen molar-refractivity contribution in [2.45, 2.75) is 131 Å². The third-order valence-corrected chi connectivity index (χ3v) is 17.9. The number of nitrogens with zero attached hydrogens (tertiary/aromatic N) is 1. The number of Topliss-reactive ketones (excluding diaryl/α,β-unsaturated/α-hetero) is 2. The molecule has 1 aromatic rings. The van der Waals surface area contributed by atoms with Crippen molar-refractivity contribution < 1.29 is 9.59 Å². The maximum atomic E-state index is 12.4. The van der Waals surface area contributed by atoms with Crippen LogP contribution in [0, 0.1) is 69.0 Å². The average Bonchev–Trinajstić information content (AvgIpc) is 3.61. The van der Waals surface area contributed by atoms with Crippen LogP contribution in [0.1, 0.15) is 137 Å². The number of pyridine rings is 1. The summed E-state index contributed by atoms with van der Waals surface area (Å²) in [6.45, 7) is 14.1. The van der Waals surface area contributed by atoms with Crippen molar-refractivity contribution in [3.63, 3.8) is 0 Å². The first-order valence-electron chi connectivity index (χ1n) is 20.6. The van der Waals surface area contributed by atoms with E-state index in [1.165, 1.54) is 69.8 Å². The van der Waals surface area contributed by atoms with Gasteiger partial charge in [0.1, 0.15) is 11.6 Å². The first-order chi connectivity index (χ1) is 23.9. The van der Waals surface area contributed by atoms with Gasteiger partial charge in [-0.3, -0.25) is 14.6 Å². The second kappa shape index (κ2) is 11.5. The molecule has 0 aliphatic heterocycles. The van der Waals surface area contributed by atoms with E-state index in [9.17, 15) is 9.59 Å². The Morgan fingerprint density at radius 2 is 1.20 bits per heavy atom. The Kier molecular flexibility index (Phi) is 7.64. The molecule has 0 saturated heterocycles. The highest BCUT2D eigenvalue weighted by atomic mass is 16.1. The fraction of sp³-hybridized carbons (Fsp3) is 0.681. The van der Waals surface area contributed by atoms with Gasteiger partial charge < -0.3 is 0 Å². The third-order valence-electron chi connectivity index (χ3n) is 17.9. The van der Waals surface area contributed by atoms with E-state index in [-0.39, 0.29) is 33.5 Å². The summed E-state index contributed by atoms with van der Waals surface area (Å²) >= 11 is 0. The minimum Gasteiger partial charge on any atom is -0.300 e. The van der Waals surface area contributed by atoms with Crippen LogP contribution < -0.4 is 0 Å². The molecule has 50 heavy (non-hydrogen) atoms. The van der Waals surface area contributed by atoms with Gasteiger partial charge in [-0.15, -0.1) is 0 Å². The van der Waals surface area contributed by atoms with Crippen LogP contribution in [0.15, 0.2) is 65.0 Å². The van der Waals surface area contributed by atoms with Crippen LogP contribution in [-0.4, -0.2) is 16.6 Å².